The van der Waals surface area contributed by atoms with Crippen LogP contribution in [0.1, 0.15) is 77.6 Å². The molecule has 16 N–H and O–H groups in total. The van der Waals surface area contributed by atoms with E-state index in [1.165, 1.54) is 0 Å². The Kier molecular flexibility index (Phi) is 36.8. The molecule has 0 bridgehead atoms. The fourth-order valence-corrected chi connectivity index (χ4v) is 5.90. The number of nitrogens with two attached hydrogens (primary N) is 4. The number of aliphatic hydroxyl groups is 2. The number of allylic oxidation sites excluding steroid dienone is 1. The van der Waals surface area contributed by atoms with Crippen molar-refractivity contribution in [1.29, 1.82) is 0 Å². The summed E-state index contributed by atoms with van der Waals surface area (Å²) >= 11 is 0. The van der Waals surface area contributed by atoms with E-state index in [9.17, 15) is 19.8 Å². The fourth-order valence-electron chi connectivity index (χ4n) is 5.90. The predicted molar refractivity (Wildman–Crippen MR) is 223 cm³/mol. The molecule has 4 atom stereocenters. The minimum Gasteiger partial charge on any atom is -0.390 e. The molecule has 0 rings (SSSR count). The molecule has 54 heavy (non-hydrogen) atoms. The average Bonchev–Trinajstić information content (AvgIpc) is 3.15. The number of likely N-dealkylation sites (N-methyl/N-ethyl adjacent to an activating group) is 1. The number of hydrogen-bond donors (Lipinski definition) is 12. The molecular formula is C38H84N12O4. The van der Waals surface area contributed by atoms with Crippen molar-refractivity contribution in [3.8, 4) is 0 Å². The number of carbonyl (C=O) groups excluding carboxylic acids is 2. The lowest BCUT2D eigenvalue weighted by molar-refractivity contribution is -0.124. The molecule has 0 aromatic heterocycles. The average molecular weight is 773 g/mol. The van der Waals surface area contributed by atoms with Crippen LogP contribution in [-0.2, 0) is 9.59 Å². The third-order valence-electron chi connectivity index (χ3n) is 9.03. The van der Waals surface area contributed by atoms with E-state index in [1.54, 1.807) is 0 Å². The van der Waals surface area contributed by atoms with Crippen molar-refractivity contribution in [2.24, 2.45) is 22.9 Å². The van der Waals surface area contributed by atoms with Gasteiger partial charge in [-0.25, -0.2) is 0 Å². The van der Waals surface area contributed by atoms with E-state index in [0.29, 0.717) is 65.2 Å². The third-order valence-corrected chi connectivity index (χ3v) is 9.03. The van der Waals surface area contributed by atoms with Gasteiger partial charge in [-0.3, -0.25) is 14.5 Å². The van der Waals surface area contributed by atoms with Gasteiger partial charge in [0.05, 0.1) is 24.3 Å². The molecule has 16 nitrogen and oxygen atoms in total. The van der Waals surface area contributed by atoms with Crippen molar-refractivity contribution in [3.63, 3.8) is 0 Å². The van der Waals surface area contributed by atoms with Gasteiger partial charge < -0.3 is 69.9 Å². The van der Waals surface area contributed by atoms with E-state index in [1.807, 2.05) is 7.05 Å². The maximum absolute atomic E-state index is 13.1. The molecule has 16 heteroatoms. The van der Waals surface area contributed by atoms with Gasteiger partial charge in [-0.15, -0.1) is 0 Å². The van der Waals surface area contributed by atoms with Crippen LogP contribution in [0.5, 0.6) is 0 Å². The first-order chi connectivity index (χ1) is 26.2. The van der Waals surface area contributed by atoms with Crippen molar-refractivity contribution >= 4 is 11.8 Å². The Balaban J connectivity index is 4.72. The molecule has 0 aliphatic rings. The van der Waals surface area contributed by atoms with Crippen LogP contribution in [0.3, 0.4) is 0 Å². The molecule has 2 amide bonds. The Labute approximate surface area is 328 Å². The zero-order valence-corrected chi connectivity index (χ0v) is 34.2. The summed E-state index contributed by atoms with van der Waals surface area (Å²) in [7, 11) is 1.98. The Bertz CT molecular complexity index is 891. The summed E-state index contributed by atoms with van der Waals surface area (Å²) in [6.45, 7) is 12.9. The zero-order chi connectivity index (χ0) is 40.1. The van der Waals surface area contributed by atoms with Gasteiger partial charge in [0.15, 0.2) is 0 Å². The number of aliphatic hydroxyl groups excluding tert-OH is 2. The first-order valence-electron chi connectivity index (χ1n) is 20.9. The topological polar surface area (TPSA) is 257 Å². The molecule has 0 saturated carbocycles. The lowest BCUT2D eigenvalue weighted by Crippen LogP contribution is -2.48. The van der Waals surface area contributed by atoms with Gasteiger partial charge in [-0.05, 0) is 156 Å². The van der Waals surface area contributed by atoms with Gasteiger partial charge in [0, 0.05) is 32.7 Å². The molecule has 320 valence electrons. The molecule has 0 saturated heterocycles. The summed E-state index contributed by atoms with van der Waals surface area (Å²) in [5.74, 6) is -0.201. The normalized spacial score (nSPS) is 14.2. The second kappa shape index (κ2) is 38.1. The Morgan fingerprint density at radius 2 is 1.06 bits per heavy atom. The van der Waals surface area contributed by atoms with Crippen molar-refractivity contribution in [2.45, 2.75) is 102 Å². The highest BCUT2D eigenvalue weighted by atomic mass is 16.3. The number of nitrogens with zero attached hydrogens (tertiary/aromatic N) is 2. The summed E-state index contributed by atoms with van der Waals surface area (Å²) in [5, 5.41) is 40.8. The first-order valence-corrected chi connectivity index (χ1v) is 20.9. The van der Waals surface area contributed by atoms with E-state index in [-0.39, 0.29) is 37.0 Å². The minimum absolute atomic E-state index is 0.100. The van der Waals surface area contributed by atoms with E-state index < -0.39 is 12.2 Å². The van der Waals surface area contributed by atoms with Crippen LogP contribution in [0.25, 0.3) is 0 Å². The molecular weight excluding hydrogens is 688 g/mol. The van der Waals surface area contributed by atoms with Gasteiger partial charge >= 0.3 is 0 Å². The number of carbonyl (C=O) groups is 2. The van der Waals surface area contributed by atoms with Gasteiger partial charge in [-0.2, -0.15) is 0 Å². The third kappa shape index (κ3) is 31.4. The van der Waals surface area contributed by atoms with Crippen LogP contribution >= 0.6 is 0 Å². The quantitative estimate of drug-likeness (QED) is 0.0237. The Hall–Kier alpha value is -1.80. The van der Waals surface area contributed by atoms with Crippen LogP contribution in [0.15, 0.2) is 12.2 Å². The Morgan fingerprint density at radius 1 is 0.611 bits per heavy atom. The molecule has 0 aromatic carbocycles. The SMILES string of the molecule is CCC=CCN(CCCCN(C)CC(O)CNC(=O)C(CCCNCCCN)NCCCN)CC(O)CNC(=O)C(CCCNCCCN)NCCCN. The summed E-state index contributed by atoms with van der Waals surface area (Å²) in [5.41, 5.74) is 22.4. The largest absolute Gasteiger partial charge is 0.390 e. The number of nitrogens with one attached hydrogen (secondary N) is 6. The second-order valence-electron chi connectivity index (χ2n) is 14.3. The highest BCUT2D eigenvalue weighted by Gasteiger charge is 2.20. The van der Waals surface area contributed by atoms with Crippen LogP contribution in [0.4, 0.5) is 0 Å². The number of rotatable bonds is 40. The van der Waals surface area contributed by atoms with E-state index >= 15 is 0 Å². The molecule has 0 fully saturated rings. The van der Waals surface area contributed by atoms with Crippen LogP contribution < -0.4 is 54.8 Å². The summed E-state index contributed by atoms with van der Waals surface area (Å²) in [6, 6.07) is -0.659. The van der Waals surface area contributed by atoms with Crippen molar-refractivity contribution < 1.29 is 19.8 Å². The van der Waals surface area contributed by atoms with Crippen molar-refractivity contribution in [1.82, 2.24) is 41.7 Å². The number of amides is 2. The highest BCUT2D eigenvalue weighted by Crippen LogP contribution is 2.03. The molecule has 4 unspecified atom stereocenters. The van der Waals surface area contributed by atoms with Crippen molar-refractivity contribution in [2.75, 3.05) is 118 Å². The highest BCUT2D eigenvalue weighted by molar-refractivity contribution is 5.82. The smallest absolute Gasteiger partial charge is 0.237 e. The van der Waals surface area contributed by atoms with Crippen LogP contribution in [-0.4, -0.2) is 174 Å². The van der Waals surface area contributed by atoms with Crippen LogP contribution in [0, 0.1) is 0 Å². The maximum atomic E-state index is 13.1. The lowest BCUT2D eigenvalue weighted by atomic mass is 10.1. The standard InChI is InChI=1S/C38H84N12O4/c1-3-4-5-27-50(32-34(52)30-48-38(54)36(46-25-13-19-42)15-9-21-44-23-11-17-40)28-7-6-26-49(2)31-33(51)29-47-37(53)35(45-24-12-18-41)14-8-20-43-22-10-16-39/h4-5,33-36,43-46,51-52H,3,6-32,39-42H2,1-2H3,(H,47,53)(H,48,54). The van der Waals surface area contributed by atoms with Crippen LogP contribution in [0.2, 0.25) is 0 Å². The van der Waals surface area contributed by atoms with Gasteiger partial charge in [0.25, 0.3) is 0 Å². The van der Waals surface area contributed by atoms with E-state index in [2.05, 4.69) is 60.8 Å². The monoisotopic (exact) mass is 773 g/mol. The van der Waals surface area contributed by atoms with Gasteiger partial charge in [0.1, 0.15) is 0 Å². The molecule has 0 aliphatic heterocycles. The predicted octanol–water partition coefficient (Wildman–Crippen LogP) is -2.03. The van der Waals surface area contributed by atoms with Gasteiger partial charge in [-0.1, -0.05) is 19.1 Å². The van der Waals surface area contributed by atoms with E-state index in [0.717, 1.165) is 104 Å². The fraction of sp³-hybridized carbons (Fsp3) is 0.895. The minimum atomic E-state index is -0.701. The number of hydrogen-bond acceptors (Lipinski definition) is 14. The molecule has 0 radical (unpaired) electrons. The summed E-state index contributed by atoms with van der Waals surface area (Å²) in [6.07, 6.45) is 12.2. The van der Waals surface area contributed by atoms with E-state index in [4.69, 9.17) is 22.9 Å². The Morgan fingerprint density at radius 3 is 1.54 bits per heavy atom. The molecule has 0 spiro atoms. The van der Waals surface area contributed by atoms with Gasteiger partial charge in [0.2, 0.25) is 11.8 Å². The summed E-state index contributed by atoms with van der Waals surface area (Å²) in [4.78, 5) is 30.3. The molecule has 0 aliphatic carbocycles. The summed E-state index contributed by atoms with van der Waals surface area (Å²) < 4.78 is 0. The number of unbranched alkanes of at least 4 members (excludes halogenated alkanes) is 1. The molecule has 0 heterocycles. The molecule has 0 aromatic rings. The zero-order valence-electron chi connectivity index (χ0n) is 34.2. The first kappa shape index (κ1) is 52.2. The maximum Gasteiger partial charge on any atom is 0.237 e. The lowest BCUT2D eigenvalue weighted by Gasteiger charge is -2.26. The second-order valence-corrected chi connectivity index (χ2v) is 14.3. The van der Waals surface area contributed by atoms with Crippen molar-refractivity contribution in [3.05, 3.63) is 12.2 Å².